The normalized spacial score (nSPS) is 13.6. The maximum Gasteiger partial charge on any atom is 0.251 e. The van der Waals surface area contributed by atoms with Crippen LogP contribution in [-0.4, -0.2) is 28.7 Å². The Labute approximate surface area is 174 Å². The molecule has 1 unspecified atom stereocenters. The van der Waals surface area contributed by atoms with Crippen molar-refractivity contribution >= 4 is 12.0 Å². The van der Waals surface area contributed by atoms with Crippen LogP contribution in [0.3, 0.4) is 0 Å². The molecule has 0 fully saturated rings. The lowest BCUT2D eigenvalue weighted by Gasteiger charge is -2.23. The SMILES string of the molecule is CCOc1cccc2c1OCC(C(=O)NC(c1cccc(F)c1)c1nccn1C)=C2. The first-order chi connectivity index (χ1) is 14.6. The Balaban J connectivity index is 1.64. The average Bonchev–Trinajstić information content (AvgIpc) is 3.17. The van der Waals surface area contributed by atoms with E-state index >= 15 is 0 Å². The number of hydrogen-bond donors (Lipinski definition) is 1. The van der Waals surface area contributed by atoms with Crippen molar-refractivity contribution in [3.63, 3.8) is 0 Å². The average molecular weight is 407 g/mol. The molecule has 0 bridgehead atoms. The van der Waals surface area contributed by atoms with Gasteiger partial charge in [-0.15, -0.1) is 0 Å². The predicted molar refractivity (Wildman–Crippen MR) is 111 cm³/mol. The molecule has 0 aliphatic carbocycles. The number of rotatable bonds is 6. The Morgan fingerprint density at radius 2 is 2.17 bits per heavy atom. The van der Waals surface area contributed by atoms with Gasteiger partial charge >= 0.3 is 0 Å². The molecule has 7 heteroatoms. The number of amides is 1. The molecule has 4 rings (SSSR count). The van der Waals surface area contributed by atoms with Gasteiger partial charge in [-0.3, -0.25) is 4.79 Å². The molecule has 0 radical (unpaired) electrons. The smallest absolute Gasteiger partial charge is 0.251 e. The van der Waals surface area contributed by atoms with Crippen LogP contribution in [0.4, 0.5) is 4.39 Å². The molecule has 1 aromatic heterocycles. The molecule has 3 aromatic rings. The lowest BCUT2D eigenvalue weighted by Crippen LogP contribution is -2.34. The predicted octanol–water partition coefficient (Wildman–Crippen LogP) is 3.64. The molecular formula is C23H22FN3O3. The number of nitrogens with one attached hydrogen (secondary N) is 1. The van der Waals surface area contributed by atoms with Gasteiger partial charge < -0.3 is 19.4 Å². The molecule has 154 valence electrons. The number of fused-ring (bicyclic) bond motifs is 1. The van der Waals surface area contributed by atoms with Crippen LogP contribution >= 0.6 is 0 Å². The Morgan fingerprint density at radius 1 is 1.33 bits per heavy atom. The number of halogens is 1. The van der Waals surface area contributed by atoms with E-state index in [-0.39, 0.29) is 18.3 Å². The third-order valence-corrected chi connectivity index (χ3v) is 4.88. The van der Waals surface area contributed by atoms with E-state index < -0.39 is 6.04 Å². The first-order valence-electron chi connectivity index (χ1n) is 9.69. The van der Waals surface area contributed by atoms with Crippen molar-refractivity contribution in [1.82, 2.24) is 14.9 Å². The van der Waals surface area contributed by atoms with Gasteiger partial charge in [-0.2, -0.15) is 0 Å². The van der Waals surface area contributed by atoms with Crippen molar-refractivity contribution < 1.29 is 18.7 Å². The van der Waals surface area contributed by atoms with Gasteiger partial charge in [0, 0.05) is 25.0 Å². The second kappa shape index (κ2) is 8.41. The minimum absolute atomic E-state index is 0.110. The number of carbonyl (C=O) groups is 1. The highest BCUT2D eigenvalue weighted by molar-refractivity contribution is 5.99. The lowest BCUT2D eigenvalue weighted by atomic mass is 10.0. The van der Waals surface area contributed by atoms with Crippen LogP contribution in [0.1, 0.15) is 29.9 Å². The zero-order valence-corrected chi connectivity index (χ0v) is 16.8. The van der Waals surface area contributed by atoms with Crippen molar-refractivity contribution in [3.8, 4) is 11.5 Å². The largest absolute Gasteiger partial charge is 0.490 e. The fraction of sp³-hybridized carbons (Fsp3) is 0.217. The minimum atomic E-state index is -0.606. The number of para-hydroxylation sites is 1. The summed E-state index contributed by atoms with van der Waals surface area (Å²) >= 11 is 0. The second-order valence-corrected chi connectivity index (χ2v) is 6.92. The number of benzene rings is 2. The first kappa shape index (κ1) is 19.7. The standard InChI is InChI=1S/C23H22FN3O3/c1-3-29-19-9-5-7-16-12-17(14-30-21(16)19)23(28)26-20(22-25-10-11-27(22)2)15-6-4-8-18(24)13-15/h4-13,20H,3,14H2,1-2H3,(H,26,28). The third-order valence-electron chi connectivity index (χ3n) is 4.88. The number of imidazole rings is 1. The van der Waals surface area contributed by atoms with Gasteiger partial charge in [0.2, 0.25) is 0 Å². The Morgan fingerprint density at radius 3 is 2.90 bits per heavy atom. The number of hydrogen-bond acceptors (Lipinski definition) is 4. The molecule has 0 saturated heterocycles. The lowest BCUT2D eigenvalue weighted by molar-refractivity contribution is -0.118. The summed E-state index contributed by atoms with van der Waals surface area (Å²) in [6, 6.07) is 11.1. The summed E-state index contributed by atoms with van der Waals surface area (Å²) in [6.07, 6.45) is 5.21. The molecule has 1 N–H and O–H groups in total. The van der Waals surface area contributed by atoms with Crippen LogP contribution < -0.4 is 14.8 Å². The monoisotopic (exact) mass is 407 g/mol. The van der Waals surface area contributed by atoms with Gasteiger partial charge in [-0.1, -0.05) is 24.3 Å². The van der Waals surface area contributed by atoms with Crippen molar-refractivity contribution in [2.24, 2.45) is 7.05 Å². The molecule has 1 amide bonds. The van der Waals surface area contributed by atoms with E-state index in [2.05, 4.69) is 10.3 Å². The molecule has 0 saturated carbocycles. The Hall–Kier alpha value is -3.61. The van der Waals surface area contributed by atoms with Crippen molar-refractivity contribution in [1.29, 1.82) is 0 Å². The quantitative estimate of drug-likeness (QED) is 0.678. The van der Waals surface area contributed by atoms with Gasteiger partial charge in [0.1, 0.15) is 24.3 Å². The Kier molecular flexibility index (Phi) is 5.52. The van der Waals surface area contributed by atoms with E-state index in [1.165, 1.54) is 12.1 Å². The second-order valence-electron chi connectivity index (χ2n) is 6.92. The van der Waals surface area contributed by atoms with E-state index in [1.807, 2.05) is 32.2 Å². The summed E-state index contributed by atoms with van der Waals surface area (Å²) in [5.41, 5.74) is 1.84. The van der Waals surface area contributed by atoms with Gasteiger partial charge in [-0.25, -0.2) is 9.37 Å². The van der Waals surface area contributed by atoms with Crippen molar-refractivity contribution in [3.05, 3.63) is 83.2 Å². The highest BCUT2D eigenvalue weighted by atomic mass is 19.1. The molecule has 1 atom stereocenters. The summed E-state index contributed by atoms with van der Waals surface area (Å²) in [4.78, 5) is 17.4. The maximum atomic E-state index is 13.8. The van der Waals surface area contributed by atoms with Crippen molar-refractivity contribution in [2.45, 2.75) is 13.0 Å². The first-order valence-corrected chi connectivity index (χ1v) is 9.69. The van der Waals surface area contributed by atoms with Gasteiger partial charge in [0.15, 0.2) is 11.5 Å². The van der Waals surface area contributed by atoms with E-state index in [0.29, 0.717) is 35.1 Å². The summed E-state index contributed by atoms with van der Waals surface area (Å²) in [5, 5.41) is 2.98. The van der Waals surface area contributed by atoms with E-state index in [4.69, 9.17) is 9.47 Å². The highest BCUT2D eigenvalue weighted by Crippen LogP contribution is 2.36. The maximum absolute atomic E-state index is 13.8. The van der Waals surface area contributed by atoms with E-state index in [0.717, 1.165) is 5.56 Å². The van der Waals surface area contributed by atoms with Gasteiger partial charge in [0.25, 0.3) is 5.91 Å². The van der Waals surface area contributed by atoms with E-state index in [9.17, 15) is 9.18 Å². The molecule has 30 heavy (non-hydrogen) atoms. The molecule has 6 nitrogen and oxygen atoms in total. The van der Waals surface area contributed by atoms with Crippen LogP contribution in [0, 0.1) is 5.82 Å². The molecule has 1 aliphatic heterocycles. The highest BCUT2D eigenvalue weighted by Gasteiger charge is 2.25. The zero-order chi connectivity index (χ0) is 21.1. The number of aromatic nitrogens is 2. The molecular weight excluding hydrogens is 385 g/mol. The number of nitrogens with zero attached hydrogens (tertiary/aromatic N) is 2. The molecule has 2 heterocycles. The zero-order valence-electron chi connectivity index (χ0n) is 16.8. The van der Waals surface area contributed by atoms with Crippen LogP contribution in [0.2, 0.25) is 0 Å². The van der Waals surface area contributed by atoms with Crippen LogP contribution in [0.15, 0.2) is 60.4 Å². The summed E-state index contributed by atoms with van der Waals surface area (Å²) in [7, 11) is 1.83. The third kappa shape index (κ3) is 3.91. The summed E-state index contributed by atoms with van der Waals surface area (Å²) in [5.74, 6) is 1.20. The van der Waals surface area contributed by atoms with Crippen LogP contribution in [0.25, 0.3) is 6.08 Å². The van der Waals surface area contributed by atoms with E-state index in [1.54, 1.807) is 35.2 Å². The Bertz CT molecular complexity index is 1110. The van der Waals surface area contributed by atoms with Gasteiger partial charge in [0.05, 0.1) is 12.2 Å². The number of ether oxygens (including phenoxy) is 2. The number of carbonyl (C=O) groups excluding carboxylic acids is 1. The van der Waals surface area contributed by atoms with Gasteiger partial charge in [-0.05, 0) is 36.8 Å². The fourth-order valence-electron chi connectivity index (χ4n) is 3.44. The fourth-order valence-corrected chi connectivity index (χ4v) is 3.44. The number of aryl methyl sites for hydroxylation is 1. The van der Waals surface area contributed by atoms with Crippen molar-refractivity contribution in [2.75, 3.05) is 13.2 Å². The molecule has 1 aliphatic rings. The van der Waals surface area contributed by atoms with Crippen LogP contribution in [0.5, 0.6) is 11.5 Å². The minimum Gasteiger partial charge on any atom is -0.490 e. The summed E-state index contributed by atoms with van der Waals surface area (Å²) in [6.45, 7) is 2.54. The topological polar surface area (TPSA) is 65.4 Å². The molecule has 2 aromatic carbocycles. The van der Waals surface area contributed by atoms with Crippen LogP contribution in [-0.2, 0) is 11.8 Å². The summed E-state index contributed by atoms with van der Waals surface area (Å²) < 4.78 is 27.1. The molecule has 0 spiro atoms.